The van der Waals surface area contributed by atoms with E-state index in [0.29, 0.717) is 17.9 Å². The van der Waals surface area contributed by atoms with Crippen LogP contribution in [0.25, 0.3) is 0 Å². The highest BCUT2D eigenvalue weighted by atomic mass is 35.5. The van der Waals surface area contributed by atoms with Crippen LogP contribution in [0, 0.1) is 0 Å². The zero-order chi connectivity index (χ0) is 16.4. The molecular weight excluding hydrogens is 316 g/mol. The number of pyridine rings is 1. The normalized spacial score (nSPS) is 16.6. The van der Waals surface area contributed by atoms with Crippen molar-refractivity contribution in [2.45, 2.75) is 12.5 Å². The van der Waals surface area contributed by atoms with E-state index in [9.17, 15) is 4.79 Å². The van der Waals surface area contributed by atoms with Crippen LogP contribution in [0.2, 0.25) is 5.02 Å². The first-order chi connectivity index (χ1) is 11.0. The third-order valence-electron chi connectivity index (χ3n) is 3.30. The average molecular weight is 330 g/mol. The van der Waals surface area contributed by atoms with E-state index in [1.165, 1.54) is 0 Å². The standard InChI is InChI=1S/C15H13BClN3O3/c16-12-7-11(23-20-12)10-6-9(18)13(17)14(19-10)15(21)22-8-4-2-1-3-5-8/h1-6,11H,7,16H2,(H2,18,19). The number of nitrogens with zero attached hydrogens (tertiary/aromatic N) is 2. The second-order valence-corrected chi connectivity index (χ2v) is 5.50. The molecule has 0 aliphatic carbocycles. The van der Waals surface area contributed by atoms with Crippen molar-refractivity contribution < 1.29 is 14.4 Å². The van der Waals surface area contributed by atoms with Gasteiger partial charge in [0.2, 0.25) is 0 Å². The van der Waals surface area contributed by atoms with E-state index in [2.05, 4.69) is 10.1 Å². The van der Waals surface area contributed by atoms with Crippen LogP contribution in [-0.4, -0.2) is 24.4 Å². The Hall–Kier alpha value is -2.54. The third-order valence-corrected chi connectivity index (χ3v) is 3.70. The van der Waals surface area contributed by atoms with Gasteiger partial charge in [-0.1, -0.05) is 29.8 Å². The summed E-state index contributed by atoms with van der Waals surface area (Å²) in [6.07, 6.45) is 0.208. The van der Waals surface area contributed by atoms with Crippen molar-refractivity contribution in [2.24, 2.45) is 5.16 Å². The number of halogens is 1. The van der Waals surface area contributed by atoms with E-state index in [1.807, 2.05) is 13.9 Å². The van der Waals surface area contributed by atoms with Gasteiger partial charge in [-0.25, -0.2) is 9.78 Å². The first kappa shape index (κ1) is 15.4. The number of nitrogens with two attached hydrogens (primary N) is 1. The topological polar surface area (TPSA) is 86.8 Å². The summed E-state index contributed by atoms with van der Waals surface area (Å²) in [5.74, 6) is -0.277. The van der Waals surface area contributed by atoms with Gasteiger partial charge in [0.1, 0.15) is 5.75 Å². The molecule has 0 saturated heterocycles. The molecule has 3 rings (SSSR count). The number of carbonyl (C=O) groups excluding carboxylic acids is 1. The summed E-state index contributed by atoms with van der Waals surface area (Å²) < 4.78 is 5.26. The molecule has 0 saturated carbocycles. The molecule has 116 valence electrons. The van der Waals surface area contributed by atoms with Crippen molar-refractivity contribution in [1.82, 2.24) is 4.98 Å². The number of aromatic nitrogens is 1. The molecular formula is C15H13BClN3O3. The maximum absolute atomic E-state index is 12.3. The van der Waals surface area contributed by atoms with Crippen LogP contribution < -0.4 is 10.5 Å². The summed E-state index contributed by atoms with van der Waals surface area (Å²) in [5.41, 5.74) is 7.42. The van der Waals surface area contributed by atoms with Crippen LogP contribution in [-0.2, 0) is 4.84 Å². The van der Waals surface area contributed by atoms with Crippen LogP contribution in [0.3, 0.4) is 0 Å². The highest BCUT2D eigenvalue weighted by Gasteiger charge is 2.26. The van der Waals surface area contributed by atoms with Gasteiger partial charge < -0.3 is 15.3 Å². The molecule has 0 amide bonds. The third kappa shape index (κ3) is 3.29. The molecule has 6 nitrogen and oxygen atoms in total. The Labute approximate surface area is 138 Å². The fourth-order valence-corrected chi connectivity index (χ4v) is 2.34. The number of rotatable bonds is 3. The van der Waals surface area contributed by atoms with Crippen molar-refractivity contribution in [3.63, 3.8) is 0 Å². The number of nitrogen functional groups attached to an aromatic ring is 1. The van der Waals surface area contributed by atoms with Crippen LogP contribution >= 0.6 is 11.6 Å². The lowest BCUT2D eigenvalue weighted by Gasteiger charge is -2.12. The quantitative estimate of drug-likeness (QED) is 0.528. The van der Waals surface area contributed by atoms with Crippen LogP contribution in [0.15, 0.2) is 41.6 Å². The van der Waals surface area contributed by atoms with Crippen molar-refractivity contribution in [3.05, 3.63) is 52.8 Å². The Morgan fingerprint density at radius 3 is 2.78 bits per heavy atom. The molecule has 1 atom stereocenters. The van der Waals surface area contributed by atoms with E-state index in [1.54, 1.807) is 30.3 Å². The summed E-state index contributed by atoms with van der Waals surface area (Å²) in [4.78, 5) is 21.9. The number of ether oxygens (including phenoxy) is 1. The fraction of sp³-hybridized carbons (Fsp3) is 0.133. The molecule has 8 heteroatoms. The number of carbonyl (C=O) groups is 1. The maximum atomic E-state index is 12.3. The molecule has 0 fully saturated rings. The number of anilines is 1. The second kappa shape index (κ2) is 6.30. The summed E-state index contributed by atoms with van der Waals surface area (Å²) in [6, 6.07) is 10.2. The lowest BCUT2D eigenvalue weighted by molar-refractivity contribution is 0.0719. The minimum atomic E-state index is -0.676. The lowest BCUT2D eigenvalue weighted by Crippen LogP contribution is -2.15. The molecule has 1 aromatic heterocycles. The van der Waals surface area contributed by atoms with Gasteiger partial charge in [-0.15, -0.1) is 5.16 Å². The fourth-order valence-electron chi connectivity index (χ4n) is 2.17. The number of esters is 1. The Bertz CT molecular complexity index is 783. The zero-order valence-corrected chi connectivity index (χ0v) is 13.1. The van der Waals surface area contributed by atoms with Crippen LogP contribution in [0.1, 0.15) is 28.7 Å². The first-order valence-corrected chi connectivity index (χ1v) is 7.35. The van der Waals surface area contributed by atoms with E-state index in [4.69, 9.17) is 26.9 Å². The Balaban J connectivity index is 1.89. The van der Waals surface area contributed by atoms with Crippen LogP contribution in [0.5, 0.6) is 5.75 Å². The number of oxime groups is 1. The average Bonchev–Trinajstić information content (AvgIpc) is 2.97. The molecule has 1 aliphatic heterocycles. The van der Waals surface area contributed by atoms with Gasteiger partial charge in [-0.3, -0.25) is 0 Å². The monoisotopic (exact) mass is 329 g/mol. The second-order valence-electron chi connectivity index (χ2n) is 5.13. The van der Waals surface area contributed by atoms with Gasteiger partial charge >= 0.3 is 5.97 Å². The van der Waals surface area contributed by atoms with Gasteiger partial charge in [0.15, 0.2) is 19.6 Å². The van der Waals surface area contributed by atoms with Crippen molar-refractivity contribution in [2.75, 3.05) is 5.73 Å². The minimum Gasteiger partial charge on any atom is -0.422 e. The predicted molar refractivity (Wildman–Crippen MR) is 89.5 cm³/mol. The van der Waals surface area contributed by atoms with Gasteiger partial charge in [-0.2, -0.15) is 0 Å². The largest absolute Gasteiger partial charge is 0.422 e. The summed E-state index contributed by atoms with van der Waals surface area (Å²) >= 11 is 6.10. The maximum Gasteiger partial charge on any atom is 0.363 e. The van der Waals surface area contributed by atoms with Crippen LogP contribution in [0.4, 0.5) is 5.69 Å². The van der Waals surface area contributed by atoms with E-state index < -0.39 is 5.97 Å². The molecule has 1 aromatic carbocycles. The SMILES string of the molecule is BC1=NOC(c2cc(N)c(Cl)c(C(=O)Oc3ccccc3)n2)C1. The Morgan fingerprint density at radius 1 is 1.39 bits per heavy atom. The number of hydrogen-bond donors (Lipinski definition) is 1. The van der Waals surface area contributed by atoms with Gasteiger partial charge in [0.25, 0.3) is 0 Å². The molecule has 0 spiro atoms. The summed E-state index contributed by atoms with van der Waals surface area (Å²) in [5, 5.41) is 3.94. The molecule has 23 heavy (non-hydrogen) atoms. The molecule has 2 heterocycles. The molecule has 2 aromatic rings. The Morgan fingerprint density at radius 2 is 2.13 bits per heavy atom. The van der Waals surface area contributed by atoms with Crippen molar-refractivity contribution >= 4 is 36.7 Å². The summed E-state index contributed by atoms with van der Waals surface area (Å²) in [6.45, 7) is 0. The molecule has 1 unspecified atom stereocenters. The molecule has 0 bridgehead atoms. The Kier molecular flexibility index (Phi) is 4.21. The smallest absolute Gasteiger partial charge is 0.363 e. The first-order valence-electron chi connectivity index (χ1n) is 6.97. The summed E-state index contributed by atoms with van der Waals surface area (Å²) in [7, 11) is 1.85. The highest BCUT2D eigenvalue weighted by molar-refractivity contribution is 6.59. The molecule has 1 aliphatic rings. The highest BCUT2D eigenvalue weighted by Crippen LogP contribution is 2.31. The van der Waals surface area contributed by atoms with E-state index in [-0.39, 0.29) is 22.5 Å². The van der Waals surface area contributed by atoms with E-state index >= 15 is 0 Å². The number of benzene rings is 1. The number of hydrogen-bond acceptors (Lipinski definition) is 6. The lowest BCUT2D eigenvalue weighted by atomic mass is 9.95. The van der Waals surface area contributed by atoms with Gasteiger partial charge in [0, 0.05) is 12.0 Å². The van der Waals surface area contributed by atoms with Crippen molar-refractivity contribution in [3.8, 4) is 5.75 Å². The zero-order valence-electron chi connectivity index (χ0n) is 12.3. The predicted octanol–water partition coefficient (Wildman–Crippen LogP) is 1.94. The van der Waals surface area contributed by atoms with E-state index in [0.717, 1.165) is 5.61 Å². The number of para-hydroxylation sites is 1. The van der Waals surface area contributed by atoms with Gasteiger partial charge in [-0.05, 0) is 18.2 Å². The molecule has 2 N–H and O–H groups in total. The molecule has 0 radical (unpaired) electrons. The van der Waals surface area contributed by atoms with Crippen molar-refractivity contribution in [1.29, 1.82) is 0 Å². The minimum absolute atomic E-state index is 0.0429. The van der Waals surface area contributed by atoms with Gasteiger partial charge in [0.05, 0.1) is 16.4 Å².